The fraction of sp³-hybridized carbons (Fsp3) is 0. The monoisotopic (exact) mass is 347 g/mol. The minimum absolute atomic E-state index is 0.0292. The number of nitro groups is 1. The normalized spacial score (nSPS) is 10.5. The molecule has 0 unspecified atom stereocenters. The van der Waals surface area contributed by atoms with Crippen molar-refractivity contribution in [2.45, 2.75) is 0 Å². The van der Waals surface area contributed by atoms with Gasteiger partial charge in [0, 0.05) is 22.7 Å². The number of benzene rings is 2. The number of rotatable bonds is 4. The van der Waals surface area contributed by atoms with Crippen molar-refractivity contribution in [3.05, 3.63) is 74.8 Å². The van der Waals surface area contributed by atoms with Crippen LogP contribution >= 0.6 is 15.9 Å². The Morgan fingerprint density at radius 3 is 2.57 bits per heavy atom. The summed E-state index contributed by atoms with van der Waals surface area (Å²) in [5, 5.41) is 10.6. The summed E-state index contributed by atoms with van der Waals surface area (Å²) in [6.45, 7) is 0. The van der Waals surface area contributed by atoms with Crippen LogP contribution in [0, 0.1) is 10.1 Å². The third kappa shape index (κ3) is 4.54. The van der Waals surface area contributed by atoms with Gasteiger partial charge in [0.2, 0.25) is 0 Å². The summed E-state index contributed by atoms with van der Waals surface area (Å²) < 4.78 is 5.97. The minimum Gasteiger partial charge on any atom is -0.423 e. The van der Waals surface area contributed by atoms with Gasteiger partial charge in [0.1, 0.15) is 5.75 Å². The second-order valence-corrected chi connectivity index (χ2v) is 4.98. The van der Waals surface area contributed by atoms with Gasteiger partial charge in [-0.25, -0.2) is 4.79 Å². The van der Waals surface area contributed by atoms with Gasteiger partial charge in [0.15, 0.2) is 0 Å². The van der Waals surface area contributed by atoms with E-state index >= 15 is 0 Å². The number of nitrogens with zero attached hydrogens (tertiary/aromatic N) is 1. The summed E-state index contributed by atoms with van der Waals surface area (Å²) in [5.74, 6) is -0.129. The Hall–Kier alpha value is -2.47. The van der Waals surface area contributed by atoms with Gasteiger partial charge in [-0.1, -0.05) is 28.1 Å². The molecule has 0 fully saturated rings. The third-order valence-electron chi connectivity index (χ3n) is 2.52. The Labute approximate surface area is 129 Å². The molecule has 0 aromatic heterocycles. The fourth-order valence-corrected chi connectivity index (χ4v) is 1.82. The number of carbonyl (C=O) groups excluding carboxylic acids is 1. The maximum absolute atomic E-state index is 11.6. The van der Waals surface area contributed by atoms with E-state index in [4.69, 9.17) is 4.74 Å². The van der Waals surface area contributed by atoms with Crippen molar-refractivity contribution in [3.63, 3.8) is 0 Å². The van der Waals surface area contributed by atoms with E-state index in [1.165, 1.54) is 24.3 Å². The van der Waals surface area contributed by atoms with Gasteiger partial charge < -0.3 is 4.74 Å². The average molecular weight is 348 g/mol. The van der Waals surface area contributed by atoms with Crippen LogP contribution in [0.3, 0.4) is 0 Å². The zero-order chi connectivity index (χ0) is 15.2. The van der Waals surface area contributed by atoms with E-state index in [0.717, 1.165) is 4.47 Å². The van der Waals surface area contributed by atoms with Crippen molar-refractivity contribution in [2.24, 2.45) is 0 Å². The highest BCUT2D eigenvalue weighted by Crippen LogP contribution is 2.17. The molecule has 21 heavy (non-hydrogen) atoms. The molecule has 2 aromatic carbocycles. The van der Waals surface area contributed by atoms with Crippen molar-refractivity contribution in [2.75, 3.05) is 0 Å². The summed E-state index contributed by atoms with van der Waals surface area (Å²) in [4.78, 5) is 21.8. The van der Waals surface area contributed by atoms with Crippen molar-refractivity contribution in [3.8, 4) is 5.75 Å². The van der Waals surface area contributed by atoms with E-state index in [0.29, 0.717) is 11.3 Å². The van der Waals surface area contributed by atoms with Gasteiger partial charge in [0.05, 0.1) is 4.92 Å². The van der Waals surface area contributed by atoms with Crippen LogP contribution in [0.5, 0.6) is 5.75 Å². The molecule has 0 bridgehead atoms. The topological polar surface area (TPSA) is 69.4 Å². The van der Waals surface area contributed by atoms with Crippen molar-refractivity contribution < 1.29 is 14.5 Å². The quantitative estimate of drug-likeness (QED) is 0.276. The molecule has 0 aliphatic rings. The first-order valence-electron chi connectivity index (χ1n) is 5.94. The van der Waals surface area contributed by atoms with E-state index in [2.05, 4.69) is 15.9 Å². The first-order valence-corrected chi connectivity index (χ1v) is 6.74. The van der Waals surface area contributed by atoms with Crippen LogP contribution in [-0.2, 0) is 4.79 Å². The summed E-state index contributed by atoms with van der Waals surface area (Å²) in [6.07, 6.45) is 2.69. The number of halogens is 1. The predicted molar refractivity (Wildman–Crippen MR) is 81.9 cm³/mol. The van der Waals surface area contributed by atoms with E-state index in [-0.39, 0.29) is 5.69 Å². The van der Waals surface area contributed by atoms with Gasteiger partial charge in [-0.2, -0.15) is 0 Å². The highest BCUT2D eigenvalue weighted by Gasteiger charge is 2.05. The molecule has 2 rings (SSSR count). The highest BCUT2D eigenvalue weighted by atomic mass is 79.9. The Balaban J connectivity index is 2.03. The molecule has 0 saturated heterocycles. The summed E-state index contributed by atoms with van der Waals surface area (Å²) >= 11 is 3.28. The number of hydrogen-bond donors (Lipinski definition) is 0. The zero-order valence-electron chi connectivity index (χ0n) is 10.7. The molecular formula is C15H10BrNO4. The van der Waals surface area contributed by atoms with Crippen LogP contribution < -0.4 is 4.74 Å². The van der Waals surface area contributed by atoms with E-state index < -0.39 is 10.9 Å². The lowest BCUT2D eigenvalue weighted by Crippen LogP contribution is -2.03. The lowest BCUT2D eigenvalue weighted by atomic mass is 10.2. The third-order valence-corrected chi connectivity index (χ3v) is 3.05. The number of carbonyl (C=O) groups is 1. The van der Waals surface area contributed by atoms with Gasteiger partial charge in [0.25, 0.3) is 5.69 Å². The van der Waals surface area contributed by atoms with Gasteiger partial charge in [-0.15, -0.1) is 0 Å². The molecule has 0 amide bonds. The Kier molecular flexibility index (Phi) is 4.84. The fourth-order valence-electron chi connectivity index (χ4n) is 1.56. The zero-order valence-corrected chi connectivity index (χ0v) is 12.3. The maximum Gasteiger partial charge on any atom is 0.336 e. The molecule has 0 radical (unpaired) electrons. The number of non-ortho nitro benzene ring substituents is 1. The van der Waals surface area contributed by atoms with Crippen molar-refractivity contribution >= 4 is 33.7 Å². The number of ether oxygens (including phenoxy) is 1. The Morgan fingerprint density at radius 1 is 1.19 bits per heavy atom. The van der Waals surface area contributed by atoms with Crippen molar-refractivity contribution in [1.29, 1.82) is 0 Å². The molecule has 106 valence electrons. The smallest absolute Gasteiger partial charge is 0.336 e. The minimum atomic E-state index is -0.552. The molecule has 0 aliphatic carbocycles. The number of nitro benzene ring substituents is 1. The Bertz CT molecular complexity index is 695. The van der Waals surface area contributed by atoms with Gasteiger partial charge >= 0.3 is 5.97 Å². The summed E-state index contributed by atoms with van der Waals surface area (Å²) in [5.41, 5.74) is 0.524. The molecule has 0 heterocycles. The van der Waals surface area contributed by atoms with E-state index in [9.17, 15) is 14.9 Å². The van der Waals surface area contributed by atoms with Crippen molar-refractivity contribution in [1.82, 2.24) is 0 Å². The van der Waals surface area contributed by atoms with Crippen LogP contribution in [-0.4, -0.2) is 10.9 Å². The van der Waals surface area contributed by atoms with E-state index in [1.54, 1.807) is 36.4 Å². The summed E-state index contributed by atoms with van der Waals surface area (Å²) in [7, 11) is 0. The number of hydrogen-bond acceptors (Lipinski definition) is 4. The molecule has 0 aliphatic heterocycles. The SMILES string of the molecule is O=C(C=Cc1cccc([N+](=O)[O-])c1)Oc1ccc(Br)cc1. The maximum atomic E-state index is 11.6. The molecule has 0 saturated carbocycles. The molecule has 0 N–H and O–H groups in total. The van der Waals surface area contributed by atoms with Gasteiger partial charge in [-0.05, 0) is 35.9 Å². The largest absolute Gasteiger partial charge is 0.423 e. The predicted octanol–water partition coefficient (Wildman–Crippen LogP) is 3.98. The van der Waals surface area contributed by atoms with E-state index in [1.807, 2.05) is 0 Å². The molecule has 0 atom stereocenters. The molecule has 5 nitrogen and oxygen atoms in total. The lowest BCUT2D eigenvalue weighted by molar-refractivity contribution is -0.384. The lowest BCUT2D eigenvalue weighted by Gasteiger charge is -2.00. The second kappa shape index (κ2) is 6.81. The second-order valence-electron chi connectivity index (χ2n) is 4.06. The molecule has 2 aromatic rings. The highest BCUT2D eigenvalue weighted by molar-refractivity contribution is 9.10. The molecule has 0 spiro atoms. The van der Waals surface area contributed by atoms with Crippen LogP contribution in [0.15, 0.2) is 59.1 Å². The standard InChI is InChI=1S/C15H10BrNO4/c16-12-5-7-14(8-6-12)21-15(18)9-4-11-2-1-3-13(10-11)17(19)20/h1-10H. The molecular weight excluding hydrogens is 338 g/mol. The Morgan fingerprint density at radius 2 is 1.90 bits per heavy atom. The van der Waals surface area contributed by atoms with Gasteiger partial charge in [-0.3, -0.25) is 10.1 Å². The average Bonchev–Trinajstić information content (AvgIpc) is 2.48. The molecule has 6 heteroatoms. The van der Waals surface area contributed by atoms with Crippen LogP contribution in [0.2, 0.25) is 0 Å². The first-order chi connectivity index (χ1) is 10.0. The van der Waals surface area contributed by atoms with Crippen LogP contribution in [0.25, 0.3) is 6.08 Å². The van der Waals surface area contributed by atoms with Crippen LogP contribution in [0.1, 0.15) is 5.56 Å². The first kappa shape index (κ1) is 14.9. The summed E-state index contributed by atoms with van der Waals surface area (Å²) in [6, 6.07) is 12.8. The van der Waals surface area contributed by atoms with Crippen LogP contribution in [0.4, 0.5) is 5.69 Å². The number of esters is 1.